The molecule has 0 aromatic carbocycles. The summed E-state index contributed by atoms with van der Waals surface area (Å²) in [6, 6.07) is 3.36. The van der Waals surface area contributed by atoms with Crippen molar-refractivity contribution in [2.45, 2.75) is 26.3 Å². The standard InChI is InChI=1S/C13H18F3N3O/c1-10(2)18-5-7-19(8-6-18)12-4-3-11(9-17-12)20-13(14,15)16/h3-4,9-10H,5-8H2,1-2H3. The van der Waals surface area contributed by atoms with Crippen LogP contribution in [0.25, 0.3) is 0 Å². The van der Waals surface area contributed by atoms with Crippen molar-refractivity contribution in [1.29, 1.82) is 0 Å². The summed E-state index contributed by atoms with van der Waals surface area (Å²) >= 11 is 0. The molecule has 1 aliphatic heterocycles. The Bertz CT molecular complexity index is 425. The SMILES string of the molecule is CC(C)N1CCN(c2ccc(OC(F)(F)F)cn2)CC1. The van der Waals surface area contributed by atoms with Gasteiger partial charge >= 0.3 is 6.36 Å². The number of alkyl halides is 3. The third-order valence-electron chi connectivity index (χ3n) is 3.32. The molecule has 1 saturated heterocycles. The van der Waals surface area contributed by atoms with E-state index in [2.05, 4.69) is 33.4 Å². The normalized spacial score (nSPS) is 17.6. The molecular formula is C13H18F3N3O. The first-order valence-electron chi connectivity index (χ1n) is 6.56. The van der Waals surface area contributed by atoms with Gasteiger partial charge < -0.3 is 9.64 Å². The molecule has 20 heavy (non-hydrogen) atoms. The maximum absolute atomic E-state index is 12.0. The van der Waals surface area contributed by atoms with Gasteiger partial charge in [-0.05, 0) is 26.0 Å². The smallest absolute Gasteiger partial charge is 0.404 e. The second-order valence-electron chi connectivity index (χ2n) is 5.02. The number of piperazine rings is 1. The van der Waals surface area contributed by atoms with Crippen molar-refractivity contribution >= 4 is 5.82 Å². The predicted octanol–water partition coefficient (Wildman–Crippen LogP) is 2.51. The van der Waals surface area contributed by atoms with Crippen molar-refractivity contribution in [3.8, 4) is 5.75 Å². The Morgan fingerprint density at radius 3 is 2.25 bits per heavy atom. The molecule has 4 nitrogen and oxygen atoms in total. The third kappa shape index (κ3) is 4.00. The molecule has 0 saturated carbocycles. The van der Waals surface area contributed by atoms with Gasteiger partial charge in [-0.3, -0.25) is 4.90 Å². The van der Waals surface area contributed by atoms with E-state index < -0.39 is 6.36 Å². The summed E-state index contributed by atoms with van der Waals surface area (Å²) in [7, 11) is 0. The molecule has 0 unspecified atom stereocenters. The van der Waals surface area contributed by atoms with Crippen LogP contribution in [0.15, 0.2) is 18.3 Å². The topological polar surface area (TPSA) is 28.6 Å². The highest BCUT2D eigenvalue weighted by molar-refractivity contribution is 5.41. The van der Waals surface area contributed by atoms with Crippen LogP contribution < -0.4 is 9.64 Å². The molecular weight excluding hydrogens is 271 g/mol. The Morgan fingerprint density at radius 2 is 1.80 bits per heavy atom. The van der Waals surface area contributed by atoms with Gasteiger partial charge in [0.2, 0.25) is 0 Å². The molecule has 0 N–H and O–H groups in total. The van der Waals surface area contributed by atoms with Crippen LogP contribution in [0.2, 0.25) is 0 Å². The Hall–Kier alpha value is -1.50. The largest absolute Gasteiger partial charge is 0.573 e. The summed E-state index contributed by atoms with van der Waals surface area (Å²) in [6.07, 6.45) is -3.57. The molecule has 0 amide bonds. The lowest BCUT2D eigenvalue weighted by molar-refractivity contribution is -0.274. The van der Waals surface area contributed by atoms with Crippen LogP contribution in [-0.2, 0) is 0 Å². The van der Waals surface area contributed by atoms with Crippen LogP contribution in [0.5, 0.6) is 5.75 Å². The van der Waals surface area contributed by atoms with E-state index in [1.54, 1.807) is 6.07 Å². The first-order valence-corrected chi connectivity index (χ1v) is 6.56. The first-order chi connectivity index (χ1) is 9.35. The highest BCUT2D eigenvalue weighted by atomic mass is 19.4. The average Bonchev–Trinajstić information content (AvgIpc) is 2.38. The van der Waals surface area contributed by atoms with Gasteiger partial charge in [-0.2, -0.15) is 0 Å². The van der Waals surface area contributed by atoms with E-state index in [0.717, 1.165) is 32.4 Å². The zero-order valence-corrected chi connectivity index (χ0v) is 11.5. The van der Waals surface area contributed by atoms with E-state index in [1.807, 2.05) is 0 Å². The lowest BCUT2D eigenvalue weighted by Crippen LogP contribution is -2.49. The number of aromatic nitrogens is 1. The van der Waals surface area contributed by atoms with Gasteiger partial charge in [0.15, 0.2) is 0 Å². The van der Waals surface area contributed by atoms with Gasteiger partial charge in [-0.15, -0.1) is 13.2 Å². The van der Waals surface area contributed by atoms with Gasteiger partial charge in [-0.25, -0.2) is 4.98 Å². The summed E-state index contributed by atoms with van der Waals surface area (Å²) in [5.41, 5.74) is 0. The van der Waals surface area contributed by atoms with Crippen LogP contribution in [0, 0.1) is 0 Å². The number of ether oxygens (including phenoxy) is 1. The number of hydrogen-bond donors (Lipinski definition) is 0. The fourth-order valence-electron chi connectivity index (χ4n) is 2.22. The Kier molecular flexibility index (Phi) is 4.37. The van der Waals surface area contributed by atoms with E-state index in [0.29, 0.717) is 11.9 Å². The minimum absolute atomic E-state index is 0.290. The number of halogens is 3. The summed E-state index contributed by atoms with van der Waals surface area (Å²) < 4.78 is 40.0. The minimum atomic E-state index is -4.67. The predicted molar refractivity (Wildman–Crippen MR) is 69.8 cm³/mol. The summed E-state index contributed by atoms with van der Waals surface area (Å²) in [5.74, 6) is 0.394. The maximum atomic E-state index is 12.0. The van der Waals surface area contributed by atoms with Gasteiger partial charge in [-0.1, -0.05) is 0 Å². The second-order valence-corrected chi connectivity index (χ2v) is 5.02. The molecule has 0 spiro atoms. The number of pyridine rings is 1. The number of hydrogen-bond acceptors (Lipinski definition) is 4. The summed E-state index contributed by atoms with van der Waals surface area (Å²) in [4.78, 5) is 8.46. The maximum Gasteiger partial charge on any atom is 0.573 e. The molecule has 2 heterocycles. The fraction of sp³-hybridized carbons (Fsp3) is 0.615. The van der Waals surface area contributed by atoms with E-state index in [4.69, 9.17) is 0 Å². The lowest BCUT2D eigenvalue weighted by atomic mass is 10.2. The van der Waals surface area contributed by atoms with Crippen molar-refractivity contribution in [3.05, 3.63) is 18.3 Å². The van der Waals surface area contributed by atoms with Gasteiger partial charge in [0.25, 0.3) is 0 Å². The molecule has 1 aliphatic rings. The molecule has 1 aromatic rings. The van der Waals surface area contributed by atoms with E-state index in [-0.39, 0.29) is 5.75 Å². The molecule has 112 valence electrons. The van der Waals surface area contributed by atoms with Crippen molar-refractivity contribution in [2.24, 2.45) is 0 Å². The Morgan fingerprint density at radius 1 is 1.15 bits per heavy atom. The molecule has 7 heteroatoms. The lowest BCUT2D eigenvalue weighted by Gasteiger charge is -2.37. The van der Waals surface area contributed by atoms with Crippen LogP contribution in [0.4, 0.5) is 19.0 Å². The van der Waals surface area contributed by atoms with Crippen molar-refractivity contribution < 1.29 is 17.9 Å². The zero-order chi connectivity index (χ0) is 14.8. The van der Waals surface area contributed by atoms with Crippen molar-refractivity contribution in [1.82, 2.24) is 9.88 Å². The van der Waals surface area contributed by atoms with Gasteiger partial charge in [0, 0.05) is 32.2 Å². The molecule has 0 radical (unpaired) electrons. The minimum Gasteiger partial charge on any atom is -0.404 e. The monoisotopic (exact) mass is 289 g/mol. The van der Waals surface area contributed by atoms with E-state index in [9.17, 15) is 13.2 Å². The van der Waals surface area contributed by atoms with E-state index in [1.165, 1.54) is 6.07 Å². The molecule has 1 fully saturated rings. The Labute approximate surface area is 116 Å². The molecule has 0 aliphatic carbocycles. The van der Waals surface area contributed by atoms with Crippen LogP contribution in [-0.4, -0.2) is 48.5 Å². The second kappa shape index (κ2) is 5.87. The Balaban J connectivity index is 1.94. The quantitative estimate of drug-likeness (QED) is 0.855. The fourth-order valence-corrected chi connectivity index (χ4v) is 2.22. The third-order valence-corrected chi connectivity index (χ3v) is 3.32. The summed E-state index contributed by atoms with van der Waals surface area (Å²) in [5, 5.41) is 0. The van der Waals surface area contributed by atoms with Gasteiger partial charge in [0.05, 0.1) is 6.20 Å². The van der Waals surface area contributed by atoms with Crippen LogP contribution >= 0.6 is 0 Å². The highest BCUT2D eigenvalue weighted by Crippen LogP contribution is 2.24. The molecule has 0 atom stereocenters. The van der Waals surface area contributed by atoms with Crippen molar-refractivity contribution in [2.75, 3.05) is 31.1 Å². The zero-order valence-electron chi connectivity index (χ0n) is 11.5. The summed E-state index contributed by atoms with van der Waals surface area (Å²) in [6.45, 7) is 7.81. The average molecular weight is 289 g/mol. The molecule has 2 rings (SSSR count). The molecule has 1 aromatic heterocycles. The van der Waals surface area contributed by atoms with Gasteiger partial charge in [0.1, 0.15) is 11.6 Å². The highest BCUT2D eigenvalue weighted by Gasteiger charge is 2.31. The van der Waals surface area contributed by atoms with Crippen LogP contribution in [0.3, 0.4) is 0 Å². The first kappa shape index (κ1) is 14.9. The molecule has 0 bridgehead atoms. The number of anilines is 1. The number of nitrogens with zero attached hydrogens (tertiary/aromatic N) is 3. The van der Waals surface area contributed by atoms with Crippen LogP contribution in [0.1, 0.15) is 13.8 Å². The number of rotatable bonds is 3. The van der Waals surface area contributed by atoms with E-state index >= 15 is 0 Å². The van der Waals surface area contributed by atoms with Crippen molar-refractivity contribution in [3.63, 3.8) is 0 Å².